The van der Waals surface area contributed by atoms with E-state index in [2.05, 4.69) is 20.8 Å². The molecule has 2 aliphatic carbocycles. The van der Waals surface area contributed by atoms with Gasteiger partial charge in [0.05, 0.1) is 19.9 Å². The lowest BCUT2D eigenvalue weighted by atomic mass is 10.0. The Labute approximate surface area is 289 Å². The highest BCUT2D eigenvalue weighted by Crippen LogP contribution is 2.45. The first kappa shape index (κ1) is 34.4. The van der Waals surface area contributed by atoms with Gasteiger partial charge in [0.25, 0.3) is 0 Å². The smallest absolute Gasteiger partial charge is 0.408 e. The zero-order valence-corrected chi connectivity index (χ0v) is 28.4. The Morgan fingerprint density at radius 2 is 1.96 bits per heavy atom. The summed E-state index contributed by atoms with van der Waals surface area (Å²) in [5, 5.41) is 22.6. The second-order valence-electron chi connectivity index (χ2n) is 13.1. The van der Waals surface area contributed by atoms with Crippen LogP contribution in [0.5, 0.6) is 5.75 Å². The van der Waals surface area contributed by atoms with Gasteiger partial charge in [0.2, 0.25) is 11.8 Å². The Bertz CT molecular complexity index is 1580. The standard InChI is InChI=1S/C35H43N5O8S/c1-46-25-13-14-27(31-36-15-16-49-31)22(17-25)20-37-48-26-18-29-30(41)39-35(33(43)44)19-23(35)9-5-3-2-4-6-12-28(32(42)40(29)21-26)38-34(45)47-24-10-7-8-11-24/h5,9,13-17,20,23-24,26,28-29H,2-4,6-8,10-12,18-19,21H2,1H3,(H,38,45)(H,39,41)(H,43,44)/b9-5-,37-20+/t23-,26-,28+,29+,35+/m1/s1. The number of aromatic nitrogens is 1. The van der Waals surface area contributed by atoms with Gasteiger partial charge >= 0.3 is 12.1 Å². The number of rotatable bonds is 8. The number of carbonyl (C=O) groups is 4. The van der Waals surface area contributed by atoms with Crippen molar-refractivity contribution >= 4 is 41.4 Å². The van der Waals surface area contributed by atoms with Crippen LogP contribution in [0.1, 0.15) is 76.2 Å². The summed E-state index contributed by atoms with van der Waals surface area (Å²) < 4.78 is 11.0. The molecule has 0 spiro atoms. The highest BCUT2D eigenvalue weighted by molar-refractivity contribution is 7.13. The SMILES string of the molecule is COc1ccc(-c2nccs2)c(/C=N/O[C@@H]2C[C@H]3C(=O)N[C@@]4(C(=O)O)C[C@H]4/C=C\CCCCC[C@H](NC(=O)OC4CCCC4)C(=O)N3C2)c1. The van der Waals surface area contributed by atoms with Crippen LogP contribution in [-0.2, 0) is 24.0 Å². The molecule has 0 radical (unpaired) electrons. The largest absolute Gasteiger partial charge is 0.497 e. The molecule has 14 heteroatoms. The zero-order chi connectivity index (χ0) is 34.4. The average Bonchev–Trinajstić information content (AvgIpc) is 3.59. The molecule has 13 nitrogen and oxygen atoms in total. The molecule has 2 aromatic rings. The number of thiazole rings is 1. The molecule has 6 rings (SSSR count). The first-order chi connectivity index (χ1) is 23.8. The fourth-order valence-electron chi connectivity index (χ4n) is 6.97. The Kier molecular flexibility index (Phi) is 10.8. The van der Waals surface area contributed by atoms with E-state index in [0.717, 1.165) is 55.5 Å². The van der Waals surface area contributed by atoms with E-state index in [0.29, 0.717) is 24.2 Å². The summed E-state index contributed by atoms with van der Waals surface area (Å²) in [6, 6.07) is 3.58. The molecule has 0 unspecified atom stereocenters. The summed E-state index contributed by atoms with van der Waals surface area (Å²) in [5.41, 5.74) is 0.111. The number of hydrogen-bond donors (Lipinski definition) is 3. The van der Waals surface area contributed by atoms with Gasteiger partial charge in [0.1, 0.15) is 40.6 Å². The molecular formula is C35H43N5O8S. The van der Waals surface area contributed by atoms with Crippen LogP contribution >= 0.6 is 11.3 Å². The number of carbonyl (C=O) groups excluding carboxylic acids is 3. The molecule has 3 fully saturated rings. The van der Waals surface area contributed by atoms with E-state index in [1.54, 1.807) is 19.5 Å². The first-order valence-electron chi connectivity index (χ1n) is 17.0. The number of carboxylic acid groups (broad SMARTS) is 1. The number of allylic oxidation sites excluding steroid dienone is 1. The molecule has 2 saturated carbocycles. The molecule has 3 N–H and O–H groups in total. The third kappa shape index (κ3) is 8.06. The lowest BCUT2D eigenvalue weighted by molar-refractivity contribution is -0.145. The van der Waals surface area contributed by atoms with Crippen molar-refractivity contribution in [2.24, 2.45) is 11.1 Å². The summed E-state index contributed by atoms with van der Waals surface area (Å²) in [6.07, 6.45) is 13.0. The summed E-state index contributed by atoms with van der Waals surface area (Å²) >= 11 is 1.48. The number of nitrogens with one attached hydrogen (secondary N) is 2. The van der Waals surface area contributed by atoms with Gasteiger partial charge in [-0.3, -0.25) is 9.59 Å². The highest BCUT2D eigenvalue weighted by atomic mass is 32.1. The molecule has 3 amide bonds. The van der Waals surface area contributed by atoms with E-state index < -0.39 is 47.6 Å². The maximum absolute atomic E-state index is 14.2. The number of ether oxygens (including phenoxy) is 2. The van der Waals surface area contributed by atoms with Crippen LogP contribution in [0.15, 0.2) is 47.1 Å². The van der Waals surface area contributed by atoms with Crippen molar-refractivity contribution in [3.05, 3.63) is 47.5 Å². The normalized spacial score (nSPS) is 28.5. The Morgan fingerprint density at radius 1 is 1.14 bits per heavy atom. The summed E-state index contributed by atoms with van der Waals surface area (Å²) in [4.78, 5) is 65.1. The Hall–Kier alpha value is -4.46. The maximum atomic E-state index is 14.2. The van der Waals surface area contributed by atoms with Crippen LogP contribution in [0, 0.1) is 5.92 Å². The molecule has 1 saturated heterocycles. The maximum Gasteiger partial charge on any atom is 0.408 e. The van der Waals surface area contributed by atoms with Crippen molar-refractivity contribution in [1.29, 1.82) is 0 Å². The third-order valence-electron chi connectivity index (χ3n) is 9.81. The number of amides is 3. The fraction of sp³-hybridized carbons (Fsp3) is 0.543. The van der Waals surface area contributed by atoms with Crippen LogP contribution in [0.2, 0.25) is 0 Å². The van der Waals surface area contributed by atoms with Crippen molar-refractivity contribution in [3.8, 4) is 16.3 Å². The van der Waals surface area contributed by atoms with Gasteiger partial charge in [-0.25, -0.2) is 14.6 Å². The minimum atomic E-state index is -1.43. The topological polar surface area (TPSA) is 169 Å². The van der Waals surface area contributed by atoms with Crippen molar-refractivity contribution in [3.63, 3.8) is 0 Å². The van der Waals surface area contributed by atoms with Crippen molar-refractivity contribution in [2.75, 3.05) is 13.7 Å². The van der Waals surface area contributed by atoms with Crippen LogP contribution in [0.25, 0.3) is 10.6 Å². The summed E-state index contributed by atoms with van der Waals surface area (Å²) in [5.74, 6) is -1.85. The van der Waals surface area contributed by atoms with Gasteiger partial charge < -0.3 is 35.0 Å². The number of methoxy groups -OCH3 is 1. The molecule has 5 atom stereocenters. The molecule has 1 aromatic heterocycles. The predicted octanol–water partition coefficient (Wildman–Crippen LogP) is 4.66. The molecule has 49 heavy (non-hydrogen) atoms. The van der Waals surface area contributed by atoms with Crippen molar-refractivity contribution < 1.29 is 38.6 Å². The van der Waals surface area contributed by atoms with Crippen LogP contribution in [0.3, 0.4) is 0 Å². The number of alkyl carbamates (subject to hydrolysis) is 1. The van der Waals surface area contributed by atoms with Crippen molar-refractivity contribution in [1.82, 2.24) is 20.5 Å². The summed E-state index contributed by atoms with van der Waals surface area (Å²) in [7, 11) is 1.57. The van der Waals surface area contributed by atoms with Crippen LogP contribution < -0.4 is 15.4 Å². The monoisotopic (exact) mass is 693 g/mol. The first-order valence-corrected chi connectivity index (χ1v) is 17.9. The number of benzene rings is 1. The molecule has 4 aliphatic rings. The van der Waals surface area contributed by atoms with E-state index >= 15 is 0 Å². The Morgan fingerprint density at radius 3 is 2.71 bits per heavy atom. The lowest BCUT2D eigenvalue weighted by Gasteiger charge is -2.29. The van der Waals surface area contributed by atoms with Gasteiger partial charge in [-0.05, 0) is 69.6 Å². The highest BCUT2D eigenvalue weighted by Gasteiger charge is 2.61. The van der Waals surface area contributed by atoms with E-state index in [-0.39, 0.29) is 31.4 Å². The number of aliphatic carboxylic acids is 1. The van der Waals surface area contributed by atoms with Crippen LogP contribution in [0.4, 0.5) is 4.79 Å². The number of carboxylic acids is 1. The minimum Gasteiger partial charge on any atom is -0.497 e. The zero-order valence-electron chi connectivity index (χ0n) is 27.5. The molecule has 0 bridgehead atoms. The van der Waals surface area contributed by atoms with Crippen molar-refractivity contribution in [2.45, 2.75) is 100 Å². The number of oxime groups is 1. The van der Waals surface area contributed by atoms with E-state index in [4.69, 9.17) is 14.3 Å². The average molecular weight is 694 g/mol. The van der Waals surface area contributed by atoms with Gasteiger partial charge in [0, 0.05) is 35.0 Å². The fourth-order valence-corrected chi connectivity index (χ4v) is 7.66. The number of fused-ring (bicyclic) bond motifs is 2. The third-order valence-corrected chi connectivity index (χ3v) is 10.6. The molecule has 1 aromatic carbocycles. The molecule has 3 heterocycles. The lowest BCUT2D eigenvalue weighted by Crippen LogP contribution is -2.56. The molecular weight excluding hydrogens is 650 g/mol. The van der Waals surface area contributed by atoms with E-state index in [1.807, 2.05) is 35.7 Å². The predicted molar refractivity (Wildman–Crippen MR) is 181 cm³/mol. The van der Waals surface area contributed by atoms with Gasteiger partial charge in [-0.15, -0.1) is 11.3 Å². The van der Waals surface area contributed by atoms with Crippen LogP contribution in [-0.4, -0.2) is 88.6 Å². The molecule has 2 aliphatic heterocycles. The second kappa shape index (κ2) is 15.4. The van der Waals surface area contributed by atoms with E-state index in [1.165, 1.54) is 16.2 Å². The van der Waals surface area contributed by atoms with Gasteiger partial charge in [-0.1, -0.05) is 30.1 Å². The van der Waals surface area contributed by atoms with E-state index in [9.17, 15) is 24.3 Å². The minimum absolute atomic E-state index is 0.0188. The van der Waals surface area contributed by atoms with Gasteiger partial charge in [-0.2, -0.15) is 0 Å². The summed E-state index contributed by atoms with van der Waals surface area (Å²) in [6.45, 7) is 0.0188. The number of nitrogens with zero attached hydrogens (tertiary/aromatic N) is 3. The quantitative estimate of drug-likeness (QED) is 0.202. The molecule has 262 valence electrons. The second-order valence-corrected chi connectivity index (χ2v) is 14.0. The number of hydrogen-bond acceptors (Lipinski definition) is 10. The van der Waals surface area contributed by atoms with Gasteiger partial charge in [0.15, 0.2) is 0 Å². The Balaban J connectivity index is 1.23.